The van der Waals surface area contributed by atoms with Gasteiger partial charge in [-0.3, -0.25) is 0 Å². The smallest absolute Gasteiger partial charge is 0.0914 e. The molecule has 3 atom stereocenters. The Bertz CT molecular complexity index is 401. The van der Waals surface area contributed by atoms with Crippen LogP contribution in [-0.4, -0.2) is 28.7 Å². The summed E-state index contributed by atoms with van der Waals surface area (Å²) in [6, 6.07) is 8.47. The van der Waals surface area contributed by atoms with Crippen molar-refractivity contribution in [2.45, 2.75) is 43.6 Å². The van der Waals surface area contributed by atoms with Gasteiger partial charge in [-0.05, 0) is 36.3 Å². The summed E-state index contributed by atoms with van der Waals surface area (Å²) in [4.78, 5) is 0. The lowest BCUT2D eigenvalue weighted by molar-refractivity contribution is 0.170. The van der Waals surface area contributed by atoms with E-state index in [0.29, 0.717) is 12.6 Å². The van der Waals surface area contributed by atoms with Crippen LogP contribution in [0.3, 0.4) is 0 Å². The largest absolute Gasteiger partial charge is 0.387 e. The van der Waals surface area contributed by atoms with Crippen molar-refractivity contribution in [1.82, 2.24) is 5.32 Å². The number of aliphatic hydroxyl groups is 1. The Morgan fingerprint density at radius 2 is 2.32 bits per heavy atom. The average Bonchev–Trinajstić information content (AvgIpc) is 2.84. The van der Waals surface area contributed by atoms with Gasteiger partial charge in [-0.25, -0.2) is 0 Å². The molecule has 3 unspecified atom stereocenters. The third-order valence-electron chi connectivity index (χ3n) is 3.64. The zero-order valence-electron chi connectivity index (χ0n) is 11.3. The molecule has 0 amide bonds. The normalized spacial score (nSPS) is 24.6. The van der Waals surface area contributed by atoms with Gasteiger partial charge in [-0.15, -0.1) is 0 Å². The predicted octanol–water partition coefficient (Wildman–Crippen LogP) is 3.75. The number of halogens is 1. The van der Waals surface area contributed by atoms with Crippen LogP contribution in [0.25, 0.3) is 0 Å². The highest BCUT2D eigenvalue weighted by Gasteiger charge is 2.27. The first-order valence-corrected chi connectivity index (χ1v) is 8.83. The summed E-state index contributed by atoms with van der Waals surface area (Å²) >= 11 is 5.49. The Labute approximate surface area is 128 Å². The second-order valence-corrected chi connectivity index (χ2v) is 7.44. The number of benzene rings is 1. The molecular weight excluding hydrogens is 322 g/mol. The number of rotatable bonds is 6. The molecule has 0 aromatic heterocycles. The molecule has 0 saturated heterocycles. The molecular formula is C15H22BrNOS. The van der Waals surface area contributed by atoms with Crippen LogP contribution in [0.5, 0.6) is 0 Å². The second-order valence-electron chi connectivity index (χ2n) is 5.01. The van der Waals surface area contributed by atoms with Gasteiger partial charge in [-0.1, -0.05) is 41.4 Å². The summed E-state index contributed by atoms with van der Waals surface area (Å²) in [6.07, 6.45) is 3.43. The van der Waals surface area contributed by atoms with E-state index in [1.54, 1.807) is 0 Å². The van der Waals surface area contributed by atoms with Gasteiger partial charge in [-0.2, -0.15) is 11.8 Å². The van der Waals surface area contributed by atoms with Crippen LogP contribution in [0.4, 0.5) is 0 Å². The molecule has 4 heteroatoms. The number of thioether (sulfide) groups is 1. The van der Waals surface area contributed by atoms with Crippen molar-refractivity contribution in [3.63, 3.8) is 0 Å². The quantitative estimate of drug-likeness (QED) is 0.824. The first kappa shape index (κ1) is 15.4. The topological polar surface area (TPSA) is 32.3 Å². The van der Waals surface area contributed by atoms with Crippen LogP contribution in [0.1, 0.15) is 37.9 Å². The zero-order valence-corrected chi connectivity index (χ0v) is 13.7. The molecule has 106 valence electrons. The fourth-order valence-electron chi connectivity index (χ4n) is 2.67. The van der Waals surface area contributed by atoms with Gasteiger partial charge in [0.2, 0.25) is 0 Å². The molecule has 2 N–H and O–H groups in total. The Hall–Kier alpha value is -0.0300. The van der Waals surface area contributed by atoms with E-state index in [-0.39, 0.29) is 0 Å². The van der Waals surface area contributed by atoms with Crippen LogP contribution in [0.15, 0.2) is 28.7 Å². The van der Waals surface area contributed by atoms with Gasteiger partial charge in [0, 0.05) is 22.3 Å². The van der Waals surface area contributed by atoms with Gasteiger partial charge < -0.3 is 10.4 Å². The summed E-state index contributed by atoms with van der Waals surface area (Å²) in [7, 11) is 0. The monoisotopic (exact) mass is 343 g/mol. The predicted molar refractivity (Wildman–Crippen MR) is 86.7 cm³/mol. The van der Waals surface area contributed by atoms with Gasteiger partial charge in [0.05, 0.1) is 6.10 Å². The summed E-state index contributed by atoms with van der Waals surface area (Å²) in [5.41, 5.74) is 0.972. The maximum atomic E-state index is 10.2. The minimum Gasteiger partial charge on any atom is -0.387 e. The van der Waals surface area contributed by atoms with Gasteiger partial charge in [0.1, 0.15) is 0 Å². The standard InChI is InChI=1S/C15H22BrNOS/c1-2-19-15-8-4-7-13(15)17-10-14(18)11-5-3-6-12(16)9-11/h3,5-6,9,13-15,17-18H,2,4,7-8,10H2,1H3. The lowest BCUT2D eigenvalue weighted by Crippen LogP contribution is -2.37. The van der Waals surface area contributed by atoms with Crippen LogP contribution in [0.2, 0.25) is 0 Å². The van der Waals surface area contributed by atoms with Crippen LogP contribution >= 0.6 is 27.7 Å². The Balaban J connectivity index is 1.84. The highest BCUT2D eigenvalue weighted by molar-refractivity contribution is 9.10. The highest BCUT2D eigenvalue weighted by atomic mass is 79.9. The highest BCUT2D eigenvalue weighted by Crippen LogP contribution is 2.30. The first-order valence-electron chi connectivity index (χ1n) is 6.99. The molecule has 1 fully saturated rings. The molecule has 2 rings (SSSR count). The lowest BCUT2D eigenvalue weighted by atomic mass is 10.1. The molecule has 1 aliphatic rings. The van der Waals surface area contributed by atoms with Crippen molar-refractivity contribution >= 4 is 27.7 Å². The minimum atomic E-state index is -0.426. The number of nitrogens with one attached hydrogen (secondary N) is 1. The van der Waals surface area contributed by atoms with E-state index in [9.17, 15) is 5.11 Å². The van der Waals surface area contributed by atoms with E-state index in [1.165, 1.54) is 25.0 Å². The van der Waals surface area contributed by atoms with E-state index in [0.717, 1.165) is 15.3 Å². The third-order valence-corrected chi connectivity index (χ3v) is 5.46. The molecule has 19 heavy (non-hydrogen) atoms. The second kappa shape index (κ2) is 7.67. The van der Waals surface area contributed by atoms with Crippen LogP contribution < -0.4 is 5.32 Å². The number of hydrogen-bond donors (Lipinski definition) is 2. The van der Waals surface area contributed by atoms with E-state index in [1.807, 2.05) is 36.0 Å². The third kappa shape index (κ3) is 4.48. The first-order chi connectivity index (χ1) is 9.20. The Kier molecular flexibility index (Phi) is 6.20. The molecule has 0 heterocycles. The fourth-order valence-corrected chi connectivity index (χ4v) is 4.31. The van der Waals surface area contributed by atoms with Gasteiger partial charge >= 0.3 is 0 Å². The van der Waals surface area contributed by atoms with Crippen LogP contribution in [-0.2, 0) is 0 Å². The molecule has 1 aliphatic carbocycles. The van der Waals surface area contributed by atoms with E-state index >= 15 is 0 Å². The molecule has 0 spiro atoms. The van der Waals surface area contributed by atoms with Crippen molar-refractivity contribution < 1.29 is 5.11 Å². The molecule has 0 aliphatic heterocycles. The minimum absolute atomic E-state index is 0.426. The van der Waals surface area contributed by atoms with Crippen molar-refractivity contribution in [1.29, 1.82) is 0 Å². The SMILES string of the molecule is CCSC1CCCC1NCC(O)c1cccc(Br)c1. The van der Waals surface area contributed by atoms with Crippen molar-refractivity contribution in [3.8, 4) is 0 Å². The number of hydrogen-bond acceptors (Lipinski definition) is 3. The lowest BCUT2D eigenvalue weighted by Gasteiger charge is -2.22. The van der Waals surface area contributed by atoms with Gasteiger partial charge in [0.25, 0.3) is 0 Å². The Morgan fingerprint density at radius 3 is 3.05 bits per heavy atom. The maximum Gasteiger partial charge on any atom is 0.0914 e. The molecule has 1 aromatic carbocycles. The van der Waals surface area contributed by atoms with Crippen molar-refractivity contribution in [2.75, 3.05) is 12.3 Å². The van der Waals surface area contributed by atoms with E-state index in [2.05, 4.69) is 28.2 Å². The summed E-state index contributed by atoms with van der Waals surface area (Å²) in [6.45, 7) is 2.86. The van der Waals surface area contributed by atoms with E-state index < -0.39 is 6.10 Å². The molecule has 1 aromatic rings. The zero-order chi connectivity index (χ0) is 13.7. The fraction of sp³-hybridized carbons (Fsp3) is 0.600. The van der Waals surface area contributed by atoms with Crippen LogP contribution in [0, 0.1) is 0 Å². The molecule has 1 saturated carbocycles. The Morgan fingerprint density at radius 1 is 1.47 bits per heavy atom. The average molecular weight is 344 g/mol. The summed E-state index contributed by atoms with van der Waals surface area (Å²) < 4.78 is 1.02. The number of aliphatic hydroxyl groups excluding tert-OH is 1. The summed E-state index contributed by atoms with van der Waals surface area (Å²) in [5.74, 6) is 1.18. The van der Waals surface area contributed by atoms with Crippen molar-refractivity contribution in [3.05, 3.63) is 34.3 Å². The molecule has 0 radical (unpaired) electrons. The van der Waals surface area contributed by atoms with Crippen molar-refractivity contribution in [2.24, 2.45) is 0 Å². The molecule has 0 bridgehead atoms. The molecule has 2 nitrogen and oxygen atoms in total. The van der Waals surface area contributed by atoms with E-state index in [4.69, 9.17) is 0 Å². The maximum absolute atomic E-state index is 10.2. The summed E-state index contributed by atoms with van der Waals surface area (Å²) in [5, 5.41) is 14.5. The van der Waals surface area contributed by atoms with Gasteiger partial charge in [0.15, 0.2) is 0 Å².